The van der Waals surface area contributed by atoms with E-state index in [-0.39, 0.29) is 23.6 Å². The number of thiophene rings is 4. The van der Waals surface area contributed by atoms with Crippen molar-refractivity contribution in [2.45, 2.75) is 0 Å². The molecule has 0 saturated carbocycles. The third-order valence-electron chi connectivity index (χ3n) is 5.98. The predicted molar refractivity (Wildman–Crippen MR) is 134 cm³/mol. The first kappa shape index (κ1) is 20.3. The zero-order valence-corrected chi connectivity index (χ0v) is 22.5. The minimum atomic E-state index is -0.580. The normalized spacial score (nSPS) is 15.7. The molecule has 11 heteroatoms. The van der Waals surface area contributed by atoms with Crippen LogP contribution in [-0.2, 0) is 0 Å². The molecular formula is C22H10N2O4S4Te. The Labute approximate surface area is 211 Å². The van der Waals surface area contributed by atoms with E-state index in [2.05, 4.69) is 12.1 Å². The fourth-order valence-electron chi connectivity index (χ4n) is 4.27. The average molecular weight is 622 g/mol. The molecule has 0 fully saturated rings. The molecule has 0 atom stereocenters. The quantitative estimate of drug-likeness (QED) is 0.204. The van der Waals surface area contributed by atoms with Gasteiger partial charge in [-0.15, -0.1) is 0 Å². The number of hydrogen-bond donors (Lipinski definition) is 0. The Morgan fingerprint density at radius 1 is 0.727 bits per heavy atom. The number of carbonyl (C=O) groups excluding carboxylic acids is 4. The number of amides is 4. The molecule has 5 aromatic rings. The van der Waals surface area contributed by atoms with Gasteiger partial charge in [-0.25, -0.2) is 0 Å². The van der Waals surface area contributed by atoms with Crippen molar-refractivity contribution in [3.8, 4) is 19.5 Å². The van der Waals surface area contributed by atoms with Gasteiger partial charge in [0, 0.05) is 0 Å². The second-order valence-electron chi connectivity index (χ2n) is 7.76. The molecule has 7 rings (SSSR count). The van der Waals surface area contributed by atoms with E-state index in [0.29, 0.717) is 22.3 Å². The fourth-order valence-corrected chi connectivity index (χ4v) is 13.9. The molecule has 162 valence electrons. The first-order valence-electron chi connectivity index (χ1n) is 9.69. The SMILES string of the molecule is CN1C(=O)c2csc(-c3cc4c(s3)[te]c3cc(-c5scc6c5C(=O)N(C)C6=O)sc34)c2C1=O. The van der Waals surface area contributed by atoms with Crippen LogP contribution in [-0.4, -0.2) is 68.0 Å². The first-order chi connectivity index (χ1) is 15.8. The maximum absolute atomic E-state index is 12.6. The molecule has 0 saturated heterocycles. The van der Waals surface area contributed by atoms with Crippen LogP contribution in [0.3, 0.4) is 0 Å². The van der Waals surface area contributed by atoms with Gasteiger partial charge in [0.15, 0.2) is 0 Å². The number of nitrogens with zero attached hydrogens (tertiary/aromatic N) is 2. The molecule has 6 nitrogen and oxygen atoms in total. The molecular weight excluding hydrogens is 612 g/mol. The van der Waals surface area contributed by atoms with Crippen LogP contribution in [0.15, 0.2) is 22.9 Å². The Hall–Kier alpha value is -2.13. The van der Waals surface area contributed by atoms with Gasteiger partial charge in [-0.3, -0.25) is 0 Å². The van der Waals surface area contributed by atoms with Crippen molar-refractivity contribution in [3.63, 3.8) is 0 Å². The molecule has 7 heterocycles. The van der Waals surface area contributed by atoms with E-state index in [4.69, 9.17) is 0 Å². The zero-order chi connectivity index (χ0) is 22.8. The van der Waals surface area contributed by atoms with Crippen LogP contribution in [0.5, 0.6) is 0 Å². The van der Waals surface area contributed by atoms with Gasteiger partial charge < -0.3 is 0 Å². The third kappa shape index (κ3) is 2.52. The summed E-state index contributed by atoms with van der Waals surface area (Å²) in [5, 5.41) is 4.79. The van der Waals surface area contributed by atoms with Gasteiger partial charge in [0.1, 0.15) is 0 Å². The van der Waals surface area contributed by atoms with Gasteiger partial charge in [-0.05, 0) is 0 Å². The molecule has 0 bridgehead atoms. The van der Waals surface area contributed by atoms with E-state index >= 15 is 0 Å². The Morgan fingerprint density at radius 3 is 1.85 bits per heavy atom. The molecule has 0 aromatic carbocycles. The number of carbonyl (C=O) groups is 4. The van der Waals surface area contributed by atoms with Crippen LogP contribution < -0.4 is 0 Å². The monoisotopic (exact) mass is 624 g/mol. The summed E-state index contributed by atoms with van der Waals surface area (Å²) >= 11 is 5.73. The van der Waals surface area contributed by atoms with Crippen molar-refractivity contribution in [1.29, 1.82) is 0 Å². The van der Waals surface area contributed by atoms with Crippen LogP contribution in [0.25, 0.3) is 35.7 Å². The fraction of sp³-hybridized carbons (Fsp3) is 0.0909. The zero-order valence-electron chi connectivity index (χ0n) is 16.9. The van der Waals surface area contributed by atoms with Crippen LogP contribution >= 0.6 is 45.3 Å². The summed E-state index contributed by atoms with van der Waals surface area (Å²) in [7, 11) is 3.05. The van der Waals surface area contributed by atoms with E-state index < -0.39 is 20.4 Å². The summed E-state index contributed by atoms with van der Waals surface area (Å²) in [4.78, 5) is 56.0. The number of fused-ring (bicyclic) bond motifs is 5. The molecule has 0 radical (unpaired) electrons. The molecule has 2 aliphatic heterocycles. The molecule has 33 heavy (non-hydrogen) atoms. The summed E-state index contributed by atoms with van der Waals surface area (Å²) in [6.07, 6.45) is 0. The summed E-state index contributed by atoms with van der Waals surface area (Å²) in [5.74, 6) is -0.929. The second kappa shape index (κ2) is 6.72. The van der Waals surface area contributed by atoms with Crippen molar-refractivity contribution in [2.24, 2.45) is 0 Å². The van der Waals surface area contributed by atoms with Crippen LogP contribution in [0, 0.1) is 0 Å². The standard InChI is InChI=1S/C22H10N2O4S4Te/c1-23-18(25)8-5-29-16(13(8)20(23)27)10-3-7-15-12(33-22(7)32-10)4-11(31-15)17-14-9(6-30-17)19(26)24(2)21(14)28/h3-6H,1-2H3. The molecule has 2 aliphatic rings. The van der Waals surface area contributed by atoms with Gasteiger partial charge in [0.2, 0.25) is 0 Å². The summed E-state index contributed by atoms with van der Waals surface area (Å²) < 4.78 is 3.95. The summed E-state index contributed by atoms with van der Waals surface area (Å²) in [5.41, 5.74) is 2.06. The van der Waals surface area contributed by atoms with Crippen LogP contribution in [0.1, 0.15) is 41.4 Å². The van der Waals surface area contributed by atoms with Crippen LogP contribution in [0.2, 0.25) is 0 Å². The third-order valence-corrected chi connectivity index (χ3v) is 14.8. The summed E-state index contributed by atoms with van der Waals surface area (Å²) in [6.45, 7) is 0. The van der Waals surface area contributed by atoms with Gasteiger partial charge in [-0.1, -0.05) is 0 Å². The second-order valence-corrected chi connectivity index (χ2v) is 15.4. The Morgan fingerprint density at radius 2 is 1.27 bits per heavy atom. The van der Waals surface area contributed by atoms with E-state index in [0.717, 1.165) is 19.5 Å². The van der Waals surface area contributed by atoms with Crippen molar-refractivity contribution in [3.05, 3.63) is 45.1 Å². The molecule has 0 aliphatic carbocycles. The topological polar surface area (TPSA) is 74.8 Å². The van der Waals surface area contributed by atoms with Crippen molar-refractivity contribution in [2.75, 3.05) is 14.1 Å². The van der Waals surface area contributed by atoms with Gasteiger partial charge in [0.25, 0.3) is 0 Å². The number of imide groups is 2. The van der Waals surface area contributed by atoms with Gasteiger partial charge in [0.05, 0.1) is 0 Å². The Balaban J connectivity index is 1.35. The molecule has 5 aromatic heterocycles. The predicted octanol–water partition coefficient (Wildman–Crippen LogP) is 5.08. The Kier molecular flexibility index (Phi) is 4.13. The average Bonchev–Trinajstić information content (AvgIpc) is 3.61. The molecule has 0 unspecified atom stereocenters. The van der Waals surface area contributed by atoms with Crippen molar-refractivity contribution < 1.29 is 19.2 Å². The molecule has 4 amide bonds. The Bertz CT molecular complexity index is 1620. The van der Waals surface area contributed by atoms with E-state index in [1.165, 1.54) is 62.8 Å². The van der Waals surface area contributed by atoms with E-state index in [9.17, 15) is 19.2 Å². The molecule has 0 spiro atoms. The maximum atomic E-state index is 12.6. The van der Waals surface area contributed by atoms with Gasteiger partial charge >= 0.3 is 213 Å². The van der Waals surface area contributed by atoms with Gasteiger partial charge in [-0.2, -0.15) is 0 Å². The van der Waals surface area contributed by atoms with E-state index in [1.807, 2.05) is 0 Å². The van der Waals surface area contributed by atoms with E-state index in [1.54, 1.807) is 33.4 Å². The molecule has 0 N–H and O–H groups in total. The van der Waals surface area contributed by atoms with Crippen molar-refractivity contribution >= 4 is 106 Å². The number of hydrogen-bond acceptors (Lipinski definition) is 8. The minimum absolute atomic E-state index is 0.230. The number of rotatable bonds is 2. The van der Waals surface area contributed by atoms with Crippen LogP contribution in [0.4, 0.5) is 0 Å². The first-order valence-corrected chi connectivity index (χ1v) is 15.4. The summed E-state index contributed by atoms with van der Waals surface area (Å²) in [6, 6.07) is 4.34. The van der Waals surface area contributed by atoms with Crippen molar-refractivity contribution in [1.82, 2.24) is 9.80 Å².